The molecule has 1 aliphatic rings. The molecule has 1 saturated carbocycles. The van der Waals surface area contributed by atoms with E-state index in [1.807, 2.05) is 0 Å². The fourth-order valence-electron chi connectivity index (χ4n) is 1.30. The number of halogens is 2. The average Bonchev–Trinajstić information content (AvgIpc) is 1.91. The monoisotopic (exact) mass is 215 g/mol. The van der Waals surface area contributed by atoms with Gasteiger partial charge >= 0.3 is 10.3 Å². The van der Waals surface area contributed by atoms with Crippen LogP contribution in [0.5, 0.6) is 0 Å². The molecule has 0 aliphatic heterocycles. The zero-order valence-electron chi connectivity index (χ0n) is 6.87. The molecule has 0 aromatic rings. The van der Waals surface area contributed by atoms with Gasteiger partial charge in [-0.2, -0.15) is 8.42 Å². The zero-order chi connectivity index (χ0) is 10.1. The highest BCUT2D eigenvalue weighted by Gasteiger charge is 2.36. The van der Waals surface area contributed by atoms with E-state index in [1.54, 1.807) is 0 Å². The summed E-state index contributed by atoms with van der Waals surface area (Å²) < 4.78 is 50.4. The Balaban J connectivity index is 2.43. The average molecular weight is 215 g/mol. The second-order valence-corrected chi connectivity index (χ2v) is 4.32. The maximum atomic E-state index is 12.6. The summed E-state index contributed by atoms with van der Waals surface area (Å²) >= 11 is 0. The third kappa shape index (κ3) is 3.97. The predicted octanol–water partition coefficient (Wildman–Crippen LogP) is 0.784. The number of alkyl halides is 2. The van der Waals surface area contributed by atoms with E-state index < -0.39 is 22.3 Å². The van der Waals surface area contributed by atoms with E-state index in [9.17, 15) is 17.2 Å². The van der Waals surface area contributed by atoms with Crippen LogP contribution in [-0.2, 0) is 14.5 Å². The van der Waals surface area contributed by atoms with Crippen molar-refractivity contribution in [3.8, 4) is 0 Å². The van der Waals surface area contributed by atoms with Crippen LogP contribution in [-0.4, -0.2) is 20.4 Å². The summed E-state index contributed by atoms with van der Waals surface area (Å²) in [6.07, 6.45) is -1.30. The van der Waals surface area contributed by atoms with Crippen LogP contribution in [0.4, 0.5) is 8.78 Å². The first-order valence-electron chi connectivity index (χ1n) is 3.87. The van der Waals surface area contributed by atoms with Crippen LogP contribution in [0.3, 0.4) is 0 Å². The molecule has 0 aromatic heterocycles. The van der Waals surface area contributed by atoms with Crippen LogP contribution >= 0.6 is 0 Å². The molecule has 0 heterocycles. The molecule has 4 nitrogen and oxygen atoms in total. The van der Waals surface area contributed by atoms with Crippen molar-refractivity contribution in [1.29, 1.82) is 0 Å². The smallest absolute Gasteiger partial charge is 0.255 e. The van der Waals surface area contributed by atoms with Crippen LogP contribution in [0.25, 0.3) is 0 Å². The van der Waals surface area contributed by atoms with E-state index in [0.717, 1.165) is 0 Å². The van der Waals surface area contributed by atoms with Crippen LogP contribution in [0.2, 0.25) is 0 Å². The standard InChI is InChI=1S/C6H11F2NO3S/c7-6(8)3-1-5(2-4-6)12-13(9,10)11/h5H,1-4H2,(H2,9,10,11). The number of nitrogens with two attached hydrogens (primary N) is 1. The molecule has 0 bridgehead atoms. The maximum absolute atomic E-state index is 12.6. The highest BCUT2D eigenvalue weighted by Crippen LogP contribution is 2.34. The van der Waals surface area contributed by atoms with Gasteiger partial charge in [0.25, 0.3) is 0 Å². The van der Waals surface area contributed by atoms with Crippen LogP contribution < -0.4 is 5.14 Å². The van der Waals surface area contributed by atoms with Gasteiger partial charge in [0.2, 0.25) is 5.92 Å². The highest BCUT2D eigenvalue weighted by atomic mass is 32.2. The zero-order valence-corrected chi connectivity index (χ0v) is 7.69. The minimum atomic E-state index is -4.01. The molecule has 1 fully saturated rings. The number of hydrogen-bond donors (Lipinski definition) is 1. The Hall–Kier alpha value is -0.270. The van der Waals surface area contributed by atoms with Gasteiger partial charge in [-0.05, 0) is 12.8 Å². The lowest BCUT2D eigenvalue weighted by Crippen LogP contribution is -2.32. The summed E-state index contributed by atoms with van der Waals surface area (Å²) in [5.74, 6) is -2.68. The van der Waals surface area contributed by atoms with Crippen molar-refractivity contribution < 1.29 is 21.4 Å². The third-order valence-electron chi connectivity index (χ3n) is 1.93. The van der Waals surface area contributed by atoms with Gasteiger partial charge < -0.3 is 0 Å². The second kappa shape index (κ2) is 3.47. The quantitative estimate of drug-likeness (QED) is 0.740. The van der Waals surface area contributed by atoms with E-state index >= 15 is 0 Å². The predicted molar refractivity (Wildman–Crippen MR) is 41.4 cm³/mol. The summed E-state index contributed by atoms with van der Waals surface area (Å²) in [5.41, 5.74) is 0. The van der Waals surface area contributed by atoms with Crippen molar-refractivity contribution in [2.45, 2.75) is 37.7 Å². The molecule has 2 N–H and O–H groups in total. The lowest BCUT2D eigenvalue weighted by atomic mass is 9.94. The van der Waals surface area contributed by atoms with E-state index in [2.05, 4.69) is 9.32 Å². The molecular weight excluding hydrogens is 204 g/mol. The summed E-state index contributed by atoms with van der Waals surface area (Å²) in [6, 6.07) is 0. The van der Waals surface area contributed by atoms with Gasteiger partial charge in [-0.15, -0.1) is 0 Å². The molecule has 1 rings (SSSR count). The molecule has 1 aliphatic carbocycles. The van der Waals surface area contributed by atoms with Crippen molar-refractivity contribution >= 4 is 10.3 Å². The maximum Gasteiger partial charge on any atom is 0.333 e. The first-order chi connectivity index (χ1) is 5.79. The first kappa shape index (κ1) is 10.8. The summed E-state index contributed by atoms with van der Waals surface area (Å²) in [6.45, 7) is 0. The van der Waals surface area contributed by atoms with Crippen molar-refractivity contribution in [1.82, 2.24) is 0 Å². The van der Waals surface area contributed by atoms with Crippen LogP contribution in [0, 0.1) is 0 Å². The third-order valence-corrected chi connectivity index (χ3v) is 2.47. The van der Waals surface area contributed by atoms with Crippen LogP contribution in [0.1, 0.15) is 25.7 Å². The topological polar surface area (TPSA) is 69.4 Å². The summed E-state index contributed by atoms with van der Waals surface area (Å²) in [4.78, 5) is 0. The van der Waals surface area contributed by atoms with Crippen molar-refractivity contribution in [3.05, 3.63) is 0 Å². The Morgan fingerprint density at radius 1 is 1.31 bits per heavy atom. The molecule has 0 atom stereocenters. The summed E-state index contributed by atoms with van der Waals surface area (Å²) in [5, 5.41) is 4.60. The molecule has 13 heavy (non-hydrogen) atoms. The fraction of sp³-hybridized carbons (Fsp3) is 1.00. The molecule has 0 unspecified atom stereocenters. The number of rotatable bonds is 2. The summed E-state index contributed by atoms with van der Waals surface area (Å²) in [7, 11) is -4.01. The fourth-order valence-corrected chi connectivity index (χ4v) is 1.87. The van der Waals surface area contributed by atoms with Gasteiger partial charge in [0.1, 0.15) is 0 Å². The Labute approximate surface area is 75.3 Å². The normalized spacial score (nSPS) is 24.5. The minimum Gasteiger partial charge on any atom is -0.255 e. The number of hydrogen-bond acceptors (Lipinski definition) is 3. The van der Waals surface area contributed by atoms with Gasteiger partial charge in [-0.1, -0.05) is 0 Å². The van der Waals surface area contributed by atoms with Gasteiger partial charge in [0.05, 0.1) is 6.10 Å². The van der Waals surface area contributed by atoms with Crippen LogP contribution in [0.15, 0.2) is 0 Å². The molecule has 0 amide bonds. The Morgan fingerprint density at radius 2 is 1.77 bits per heavy atom. The largest absolute Gasteiger partial charge is 0.333 e. The Kier molecular flexibility index (Phi) is 2.88. The molecule has 0 spiro atoms. The molecule has 78 valence electrons. The van der Waals surface area contributed by atoms with Crippen molar-refractivity contribution in [2.24, 2.45) is 5.14 Å². The Morgan fingerprint density at radius 3 is 2.15 bits per heavy atom. The Bertz CT molecular complexity index is 268. The SMILES string of the molecule is NS(=O)(=O)OC1CCC(F)(F)CC1. The van der Waals surface area contributed by atoms with E-state index in [-0.39, 0.29) is 25.7 Å². The van der Waals surface area contributed by atoms with E-state index in [4.69, 9.17) is 0 Å². The lowest BCUT2D eigenvalue weighted by molar-refractivity contribution is -0.0574. The van der Waals surface area contributed by atoms with E-state index in [1.165, 1.54) is 0 Å². The minimum absolute atomic E-state index is 0.0312. The van der Waals surface area contributed by atoms with Gasteiger partial charge in [0.15, 0.2) is 0 Å². The second-order valence-electron chi connectivity index (χ2n) is 3.14. The molecule has 0 saturated heterocycles. The van der Waals surface area contributed by atoms with Crippen molar-refractivity contribution in [3.63, 3.8) is 0 Å². The van der Waals surface area contributed by atoms with Gasteiger partial charge in [0, 0.05) is 12.8 Å². The molecule has 0 aromatic carbocycles. The van der Waals surface area contributed by atoms with Crippen molar-refractivity contribution in [2.75, 3.05) is 0 Å². The van der Waals surface area contributed by atoms with Gasteiger partial charge in [-0.3, -0.25) is 4.18 Å². The molecular formula is C6H11F2NO3S. The van der Waals surface area contributed by atoms with E-state index in [0.29, 0.717) is 0 Å². The molecule has 7 heteroatoms. The van der Waals surface area contributed by atoms with Gasteiger partial charge in [-0.25, -0.2) is 13.9 Å². The first-order valence-corrected chi connectivity index (χ1v) is 5.34. The highest BCUT2D eigenvalue weighted by molar-refractivity contribution is 7.84. The lowest BCUT2D eigenvalue weighted by Gasteiger charge is -2.26. The molecule has 0 radical (unpaired) electrons.